The fraction of sp³-hybridized carbons (Fsp3) is 0.353. The molecule has 1 aromatic heterocycles. The van der Waals surface area contributed by atoms with Crippen LogP contribution in [0.5, 0.6) is 5.88 Å². The Hall–Kier alpha value is -2.68. The fourth-order valence-corrected chi connectivity index (χ4v) is 3.50. The molecule has 0 amide bonds. The molecule has 1 fully saturated rings. The van der Waals surface area contributed by atoms with E-state index < -0.39 is 20.4 Å². The summed E-state index contributed by atoms with van der Waals surface area (Å²) >= 11 is 0. The first kappa shape index (κ1) is 18.1. The van der Waals surface area contributed by atoms with E-state index in [4.69, 9.17) is 4.74 Å². The number of hydrogen-bond acceptors (Lipinski definition) is 7. The second-order valence-electron chi connectivity index (χ2n) is 6.21. The normalized spacial score (nSPS) is 14.5. The minimum absolute atomic E-state index is 0.149. The van der Waals surface area contributed by atoms with E-state index in [1.54, 1.807) is 18.3 Å². The van der Waals surface area contributed by atoms with Crippen molar-refractivity contribution in [2.45, 2.75) is 36.8 Å². The number of benzene rings is 1. The molecule has 9 heteroatoms. The predicted molar refractivity (Wildman–Crippen MR) is 96.0 cm³/mol. The number of nitrogens with one attached hydrogen (secondary N) is 1. The molecule has 1 aliphatic carbocycles. The third-order valence-corrected chi connectivity index (χ3v) is 5.33. The Morgan fingerprint density at radius 3 is 2.73 bits per heavy atom. The number of nitro benzene ring substituents is 1. The Morgan fingerprint density at radius 2 is 2.12 bits per heavy atom. The molecule has 0 aliphatic heterocycles. The van der Waals surface area contributed by atoms with Crippen molar-refractivity contribution >= 4 is 21.2 Å². The summed E-state index contributed by atoms with van der Waals surface area (Å²) in [6.07, 6.45) is 5.98. The monoisotopic (exact) mass is 377 g/mol. The predicted octanol–water partition coefficient (Wildman–Crippen LogP) is 2.94. The molecule has 0 bridgehead atoms. The van der Waals surface area contributed by atoms with Gasteiger partial charge in [-0.2, -0.15) is 0 Å². The van der Waals surface area contributed by atoms with Crippen LogP contribution in [0.15, 0.2) is 41.4 Å². The summed E-state index contributed by atoms with van der Waals surface area (Å²) in [5.74, 6) is 0.522. The lowest BCUT2D eigenvalue weighted by Crippen LogP contribution is -2.25. The van der Waals surface area contributed by atoms with Crippen molar-refractivity contribution < 1.29 is 18.1 Å². The molecule has 1 saturated carbocycles. The van der Waals surface area contributed by atoms with Crippen molar-refractivity contribution in [3.63, 3.8) is 0 Å². The van der Waals surface area contributed by atoms with Gasteiger partial charge >= 0.3 is 5.69 Å². The van der Waals surface area contributed by atoms with Crippen molar-refractivity contribution in [3.8, 4) is 5.88 Å². The summed E-state index contributed by atoms with van der Waals surface area (Å²) in [4.78, 5) is 14.6. The van der Waals surface area contributed by atoms with Gasteiger partial charge in [0.25, 0.3) is 0 Å². The van der Waals surface area contributed by atoms with Gasteiger partial charge < -0.3 is 10.1 Å². The molecular formula is C17H19N3O5S. The number of aromatic nitrogens is 1. The number of nitrogens with zero attached hydrogens (tertiary/aromatic N) is 2. The first-order valence-corrected chi connectivity index (χ1v) is 10.1. The minimum atomic E-state index is -3.71. The van der Waals surface area contributed by atoms with Crippen LogP contribution in [0.2, 0.25) is 0 Å². The Bertz CT molecular complexity index is 926. The highest BCUT2D eigenvalue weighted by molar-refractivity contribution is 7.90. The van der Waals surface area contributed by atoms with Crippen molar-refractivity contribution in [3.05, 3.63) is 52.2 Å². The lowest BCUT2D eigenvalue weighted by molar-refractivity contribution is -0.386. The molecule has 0 unspecified atom stereocenters. The summed E-state index contributed by atoms with van der Waals surface area (Å²) < 4.78 is 29.4. The summed E-state index contributed by atoms with van der Waals surface area (Å²) in [6, 6.07) is 7.74. The van der Waals surface area contributed by atoms with E-state index in [-0.39, 0.29) is 23.2 Å². The third kappa shape index (κ3) is 4.10. The summed E-state index contributed by atoms with van der Waals surface area (Å²) in [7, 11) is -3.71. The molecule has 1 N–H and O–H groups in total. The standard InChI is InChI=1S/C17H19N3O5S/c1-26(23,24)15-7-3-6-14(17(15)20(21)22)19-11-12-8-9-18-16(10-12)25-13-4-2-5-13/h3,6-10,13,19H,2,4-5,11H2,1H3. The van der Waals surface area contributed by atoms with Crippen LogP contribution >= 0.6 is 0 Å². The van der Waals surface area contributed by atoms with Gasteiger partial charge in [-0.05, 0) is 43.0 Å². The Kier molecular flexibility index (Phi) is 5.08. The van der Waals surface area contributed by atoms with Crippen LogP contribution < -0.4 is 10.1 Å². The van der Waals surface area contributed by atoms with Crippen LogP contribution in [0.4, 0.5) is 11.4 Å². The molecule has 0 radical (unpaired) electrons. The molecule has 2 aromatic rings. The molecule has 0 atom stereocenters. The zero-order valence-electron chi connectivity index (χ0n) is 14.2. The second-order valence-corrected chi connectivity index (χ2v) is 8.19. The molecule has 1 aromatic carbocycles. The molecule has 0 saturated heterocycles. The number of sulfone groups is 1. The van der Waals surface area contributed by atoms with Crippen LogP contribution in [-0.4, -0.2) is 30.7 Å². The zero-order valence-corrected chi connectivity index (χ0v) is 15.0. The average molecular weight is 377 g/mol. The van der Waals surface area contributed by atoms with Crippen molar-refractivity contribution in [2.24, 2.45) is 0 Å². The van der Waals surface area contributed by atoms with E-state index in [1.807, 2.05) is 0 Å². The second kappa shape index (κ2) is 7.28. The topological polar surface area (TPSA) is 111 Å². The molecule has 138 valence electrons. The van der Waals surface area contributed by atoms with Crippen LogP contribution in [0.25, 0.3) is 0 Å². The highest BCUT2D eigenvalue weighted by Crippen LogP contribution is 2.32. The van der Waals surface area contributed by atoms with Gasteiger partial charge in [0.1, 0.15) is 16.7 Å². The third-order valence-electron chi connectivity index (χ3n) is 4.20. The first-order valence-electron chi connectivity index (χ1n) is 8.17. The van der Waals surface area contributed by atoms with Crippen LogP contribution in [0, 0.1) is 10.1 Å². The van der Waals surface area contributed by atoms with E-state index in [9.17, 15) is 18.5 Å². The number of para-hydroxylation sites is 1. The van der Waals surface area contributed by atoms with Crippen molar-refractivity contribution in [2.75, 3.05) is 11.6 Å². The quantitative estimate of drug-likeness (QED) is 0.583. The van der Waals surface area contributed by atoms with E-state index in [2.05, 4.69) is 10.3 Å². The van der Waals surface area contributed by atoms with Gasteiger partial charge in [0, 0.05) is 25.1 Å². The van der Waals surface area contributed by atoms with E-state index in [1.165, 1.54) is 18.2 Å². The van der Waals surface area contributed by atoms with E-state index >= 15 is 0 Å². The minimum Gasteiger partial charge on any atom is -0.474 e. The number of ether oxygens (including phenoxy) is 1. The van der Waals surface area contributed by atoms with Gasteiger partial charge in [0.2, 0.25) is 5.88 Å². The van der Waals surface area contributed by atoms with Crippen molar-refractivity contribution in [1.82, 2.24) is 4.98 Å². The Morgan fingerprint density at radius 1 is 1.35 bits per heavy atom. The molecule has 1 heterocycles. The SMILES string of the molecule is CS(=O)(=O)c1cccc(NCc2ccnc(OC3CCC3)c2)c1[N+](=O)[O-]. The van der Waals surface area contributed by atoms with Gasteiger partial charge in [0.15, 0.2) is 9.84 Å². The number of rotatable bonds is 7. The van der Waals surface area contributed by atoms with E-state index in [0.717, 1.165) is 31.1 Å². The van der Waals surface area contributed by atoms with Gasteiger partial charge in [-0.3, -0.25) is 10.1 Å². The summed E-state index contributed by atoms with van der Waals surface area (Å²) in [5, 5.41) is 14.3. The number of pyridine rings is 1. The zero-order chi connectivity index (χ0) is 18.7. The number of nitro groups is 1. The summed E-state index contributed by atoms with van der Waals surface area (Å²) in [6.45, 7) is 0.275. The molecule has 3 rings (SSSR count). The Labute approximate surface area is 151 Å². The van der Waals surface area contributed by atoms with Crippen LogP contribution in [0.3, 0.4) is 0 Å². The Balaban J connectivity index is 1.79. The maximum atomic E-state index is 11.8. The fourth-order valence-electron chi connectivity index (χ4n) is 2.63. The van der Waals surface area contributed by atoms with Crippen LogP contribution in [-0.2, 0) is 16.4 Å². The first-order chi connectivity index (χ1) is 12.3. The highest BCUT2D eigenvalue weighted by Gasteiger charge is 2.26. The number of hydrogen-bond donors (Lipinski definition) is 1. The van der Waals surface area contributed by atoms with Gasteiger partial charge in [-0.15, -0.1) is 0 Å². The lowest BCUT2D eigenvalue weighted by Gasteiger charge is -2.25. The number of anilines is 1. The maximum Gasteiger partial charge on any atom is 0.310 e. The van der Waals surface area contributed by atoms with Gasteiger partial charge in [-0.25, -0.2) is 13.4 Å². The average Bonchev–Trinajstić information content (AvgIpc) is 2.55. The molecular weight excluding hydrogens is 358 g/mol. The molecule has 26 heavy (non-hydrogen) atoms. The van der Waals surface area contributed by atoms with Gasteiger partial charge in [-0.1, -0.05) is 6.07 Å². The van der Waals surface area contributed by atoms with Crippen LogP contribution in [0.1, 0.15) is 24.8 Å². The lowest BCUT2D eigenvalue weighted by atomic mass is 9.96. The molecule has 0 spiro atoms. The van der Waals surface area contributed by atoms with E-state index in [0.29, 0.717) is 5.88 Å². The largest absolute Gasteiger partial charge is 0.474 e. The molecule has 1 aliphatic rings. The van der Waals surface area contributed by atoms with Crippen molar-refractivity contribution in [1.29, 1.82) is 0 Å². The summed E-state index contributed by atoms with van der Waals surface area (Å²) in [5.41, 5.74) is 0.527. The maximum absolute atomic E-state index is 11.8. The molecule has 8 nitrogen and oxygen atoms in total. The highest BCUT2D eigenvalue weighted by atomic mass is 32.2. The van der Waals surface area contributed by atoms with Gasteiger partial charge in [0.05, 0.1) is 4.92 Å². The smallest absolute Gasteiger partial charge is 0.310 e.